The van der Waals surface area contributed by atoms with Crippen LogP contribution in [0.15, 0.2) is 47.3 Å². The van der Waals surface area contributed by atoms with Crippen LogP contribution in [0.4, 0.5) is 0 Å². The lowest BCUT2D eigenvalue weighted by atomic mass is 9.58. The fraction of sp³-hybridized carbons (Fsp3) is 0.640. The van der Waals surface area contributed by atoms with Gasteiger partial charge in [0, 0.05) is 18.4 Å². The van der Waals surface area contributed by atoms with Crippen LogP contribution < -0.4 is 0 Å². The minimum Gasteiger partial charge on any atom is -0.432 e. The van der Waals surface area contributed by atoms with Gasteiger partial charge >= 0.3 is 5.97 Å². The van der Waals surface area contributed by atoms with E-state index >= 15 is 0 Å². The third-order valence-corrected chi connectivity index (χ3v) is 6.62. The van der Waals surface area contributed by atoms with E-state index in [9.17, 15) is 4.79 Å². The highest BCUT2D eigenvalue weighted by atomic mass is 16.7. The molecule has 0 saturated carbocycles. The van der Waals surface area contributed by atoms with Crippen molar-refractivity contribution in [3.8, 4) is 0 Å². The van der Waals surface area contributed by atoms with E-state index in [1.807, 2.05) is 20.8 Å². The minimum atomic E-state index is -0.514. The molecule has 0 aromatic heterocycles. The number of carbonyl (C=O) groups is 1. The normalized spacial score (nSPS) is 35.7. The first-order chi connectivity index (χ1) is 13.6. The summed E-state index contributed by atoms with van der Waals surface area (Å²) in [5.41, 5.74) is 3.19. The quantitative estimate of drug-likeness (QED) is 0.237. The summed E-state index contributed by atoms with van der Waals surface area (Å²) in [4.78, 5) is 12.0. The number of ether oxygens (including phenoxy) is 3. The van der Waals surface area contributed by atoms with E-state index in [1.165, 1.54) is 17.2 Å². The molecule has 4 atom stereocenters. The zero-order valence-electron chi connectivity index (χ0n) is 18.8. The van der Waals surface area contributed by atoms with Crippen molar-refractivity contribution in [1.29, 1.82) is 0 Å². The van der Waals surface area contributed by atoms with E-state index in [-0.39, 0.29) is 22.9 Å². The first kappa shape index (κ1) is 22.0. The molecule has 0 aromatic carbocycles. The summed E-state index contributed by atoms with van der Waals surface area (Å²) in [6.45, 7) is 13.1. The number of esters is 1. The Hall–Kier alpha value is -1.65. The summed E-state index contributed by atoms with van der Waals surface area (Å²) in [5.74, 6) is -0.716. The number of hydrogen-bond acceptors (Lipinski definition) is 4. The van der Waals surface area contributed by atoms with E-state index in [1.54, 1.807) is 6.26 Å². The van der Waals surface area contributed by atoms with Gasteiger partial charge in [-0.2, -0.15) is 0 Å². The topological polar surface area (TPSA) is 44.8 Å². The van der Waals surface area contributed by atoms with E-state index in [0.717, 1.165) is 37.7 Å². The molecule has 160 valence electrons. The molecule has 3 aliphatic rings. The first-order valence-electron chi connectivity index (χ1n) is 10.8. The maximum absolute atomic E-state index is 12.0. The molecule has 1 spiro atoms. The highest BCUT2D eigenvalue weighted by Gasteiger charge is 2.61. The summed E-state index contributed by atoms with van der Waals surface area (Å²) >= 11 is 0. The van der Waals surface area contributed by atoms with Gasteiger partial charge in [0.2, 0.25) is 0 Å². The Morgan fingerprint density at radius 2 is 1.97 bits per heavy atom. The first-order valence-corrected chi connectivity index (χ1v) is 10.8. The molecule has 0 unspecified atom stereocenters. The molecule has 2 heterocycles. The van der Waals surface area contributed by atoms with Crippen molar-refractivity contribution < 1.29 is 19.0 Å². The molecule has 2 bridgehead atoms. The van der Waals surface area contributed by atoms with Crippen molar-refractivity contribution in [2.45, 2.75) is 85.0 Å². The summed E-state index contributed by atoms with van der Waals surface area (Å²) in [6.07, 6.45) is 14.7. The van der Waals surface area contributed by atoms with Crippen molar-refractivity contribution in [2.75, 3.05) is 6.61 Å². The van der Waals surface area contributed by atoms with Gasteiger partial charge in [-0.05, 0) is 77.4 Å². The van der Waals surface area contributed by atoms with Crippen LogP contribution >= 0.6 is 0 Å². The molecule has 1 aliphatic carbocycles. The Bertz CT molecular complexity index is 766. The maximum atomic E-state index is 12.0. The third-order valence-electron chi connectivity index (χ3n) is 6.62. The van der Waals surface area contributed by atoms with Crippen LogP contribution in [-0.2, 0) is 19.0 Å². The third kappa shape index (κ3) is 4.59. The lowest BCUT2D eigenvalue weighted by Gasteiger charge is -2.53. The Kier molecular flexibility index (Phi) is 6.26. The molecule has 4 heteroatoms. The molecule has 2 saturated heterocycles. The smallest absolute Gasteiger partial charge is 0.335 e. The molecular weight excluding hydrogens is 364 g/mol. The molecule has 0 amide bonds. The lowest BCUT2D eigenvalue weighted by molar-refractivity contribution is -0.273. The van der Waals surface area contributed by atoms with E-state index in [0.29, 0.717) is 6.61 Å². The van der Waals surface area contributed by atoms with Gasteiger partial charge in [-0.1, -0.05) is 30.2 Å². The van der Waals surface area contributed by atoms with Crippen LogP contribution in [0.1, 0.15) is 73.6 Å². The van der Waals surface area contributed by atoms with Gasteiger partial charge in [0.15, 0.2) is 5.79 Å². The van der Waals surface area contributed by atoms with Crippen LogP contribution in [0.25, 0.3) is 0 Å². The largest absolute Gasteiger partial charge is 0.432 e. The Morgan fingerprint density at radius 1 is 1.21 bits per heavy atom. The molecular formula is C25H36O4. The van der Waals surface area contributed by atoms with Gasteiger partial charge in [-0.15, -0.1) is 0 Å². The fourth-order valence-corrected chi connectivity index (χ4v) is 5.07. The van der Waals surface area contributed by atoms with E-state index in [2.05, 4.69) is 39.0 Å². The molecule has 4 nitrogen and oxygen atoms in total. The Morgan fingerprint density at radius 3 is 2.66 bits per heavy atom. The van der Waals surface area contributed by atoms with E-state index in [4.69, 9.17) is 14.2 Å². The second-order valence-corrected chi connectivity index (χ2v) is 9.79. The van der Waals surface area contributed by atoms with Crippen LogP contribution in [0.3, 0.4) is 0 Å². The van der Waals surface area contributed by atoms with Crippen molar-refractivity contribution in [3.63, 3.8) is 0 Å². The summed E-state index contributed by atoms with van der Waals surface area (Å²) < 4.78 is 18.0. The number of fused-ring (bicyclic) bond motifs is 1. The van der Waals surface area contributed by atoms with Crippen molar-refractivity contribution >= 4 is 5.97 Å². The van der Waals surface area contributed by atoms with E-state index < -0.39 is 5.79 Å². The predicted octanol–water partition coefficient (Wildman–Crippen LogP) is 6.00. The number of allylic oxidation sites excluding steroid dienone is 4. The second kappa shape index (κ2) is 8.23. The maximum Gasteiger partial charge on any atom is 0.335 e. The van der Waals surface area contributed by atoms with Gasteiger partial charge in [-0.25, -0.2) is 4.79 Å². The van der Waals surface area contributed by atoms with Crippen LogP contribution in [0, 0.1) is 11.3 Å². The van der Waals surface area contributed by atoms with Gasteiger partial charge in [0.25, 0.3) is 0 Å². The van der Waals surface area contributed by atoms with Crippen LogP contribution in [0.2, 0.25) is 0 Å². The Balaban J connectivity index is 1.90. The number of hydrogen-bond donors (Lipinski definition) is 0. The van der Waals surface area contributed by atoms with Crippen LogP contribution in [0.5, 0.6) is 0 Å². The second-order valence-electron chi connectivity index (χ2n) is 9.79. The summed E-state index contributed by atoms with van der Waals surface area (Å²) in [7, 11) is 0. The molecule has 0 aromatic rings. The van der Waals surface area contributed by atoms with Gasteiger partial charge in [0.05, 0.1) is 12.9 Å². The summed E-state index contributed by atoms with van der Waals surface area (Å²) in [5, 5.41) is 0. The van der Waals surface area contributed by atoms with Gasteiger partial charge < -0.3 is 14.2 Å². The molecule has 0 N–H and O–H groups in total. The highest BCUT2D eigenvalue weighted by molar-refractivity contribution is 5.83. The monoisotopic (exact) mass is 400 g/mol. The average Bonchev–Trinajstić information content (AvgIpc) is 2.88. The average molecular weight is 401 g/mol. The zero-order valence-corrected chi connectivity index (χ0v) is 18.8. The highest BCUT2D eigenvalue weighted by Crippen LogP contribution is 2.60. The van der Waals surface area contributed by atoms with Crippen molar-refractivity contribution in [3.05, 3.63) is 47.3 Å². The fourth-order valence-electron chi connectivity index (χ4n) is 5.07. The molecule has 2 aliphatic heterocycles. The molecule has 3 rings (SSSR count). The molecule has 29 heavy (non-hydrogen) atoms. The Labute approximate surface area is 175 Å². The van der Waals surface area contributed by atoms with Crippen molar-refractivity contribution in [1.82, 2.24) is 0 Å². The van der Waals surface area contributed by atoms with Gasteiger partial charge in [0.1, 0.15) is 5.60 Å². The van der Waals surface area contributed by atoms with Gasteiger partial charge in [-0.3, -0.25) is 0 Å². The minimum absolute atomic E-state index is 0.0253. The predicted molar refractivity (Wildman–Crippen MR) is 115 cm³/mol. The lowest BCUT2D eigenvalue weighted by Crippen LogP contribution is -2.55. The van der Waals surface area contributed by atoms with Crippen LogP contribution in [-0.4, -0.2) is 24.0 Å². The number of carbonyl (C=O) groups excluding carboxylic acids is 1. The number of rotatable bonds is 6. The molecule has 2 fully saturated rings. The molecule has 0 radical (unpaired) electrons. The zero-order chi connectivity index (χ0) is 21.3. The standard InChI is InChI=1S/C25H36O4/c1-18(2)8-7-11-23(5)12-9-20-17-28-24(6)13-14-25(20,29-24)21(23)10-15-27-22(26)16-19(3)4/h8-10,15-16,21H,7,11-14,17H2,1-6H3/t21-,23+,24+,25-/m1/s1. The summed E-state index contributed by atoms with van der Waals surface area (Å²) in [6, 6.07) is 0. The SMILES string of the molecule is CC(C)=CCC[C@@]1(C)CC=C2CO[C@]3(C)CC[C@]2(O3)[C@@H]1C=COC(=O)C=C(C)C. The van der Waals surface area contributed by atoms with Crippen molar-refractivity contribution in [2.24, 2.45) is 11.3 Å².